The molecule has 0 aliphatic rings. The summed E-state index contributed by atoms with van der Waals surface area (Å²) in [5.41, 5.74) is 7.48. The van der Waals surface area contributed by atoms with Gasteiger partial charge in [0.25, 0.3) is 0 Å². The molecule has 0 saturated carbocycles. The van der Waals surface area contributed by atoms with Gasteiger partial charge in [0.15, 0.2) is 5.96 Å². The van der Waals surface area contributed by atoms with E-state index in [2.05, 4.69) is 9.73 Å². The third kappa shape index (κ3) is 4.75. The van der Waals surface area contributed by atoms with Crippen LogP contribution in [0.5, 0.6) is 5.75 Å². The summed E-state index contributed by atoms with van der Waals surface area (Å²) >= 11 is 0. The third-order valence-electron chi connectivity index (χ3n) is 3.70. The SMILES string of the molecule is Cc1cc(C(/N=C(/N)N(C)C=O)c2ccc(OC(F)F)cc2)ccc1F. The van der Waals surface area contributed by atoms with Crippen LogP contribution in [0.25, 0.3) is 0 Å². The van der Waals surface area contributed by atoms with Gasteiger partial charge in [-0.15, -0.1) is 0 Å². The predicted octanol–water partition coefficient (Wildman–Crippen LogP) is 3.23. The average Bonchev–Trinajstić information content (AvgIpc) is 2.61. The van der Waals surface area contributed by atoms with E-state index in [-0.39, 0.29) is 17.5 Å². The highest BCUT2D eigenvalue weighted by molar-refractivity contribution is 5.87. The number of hydrogen-bond donors (Lipinski definition) is 1. The van der Waals surface area contributed by atoms with E-state index < -0.39 is 12.7 Å². The number of halogens is 3. The summed E-state index contributed by atoms with van der Waals surface area (Å²) in [5.74, 6) is -0.408. The van der Waals surface area contributed by atoms with Crippen molar-refractivity contribution in [1.29, 1.82) is 0 Å². The Kier molecular flexibility index (Phi) is 6.21. The monoisotopic (exact) mass is 365 g/mol. The highest BCUT2D eigenvalue weighted by atomic mass is 19.3. The zero-order chi connectivity index (χ0) is 19.3. The van der Waals surface area contributed by atoms with E-state index in [1.54, 1.807) is 31.2 Å². The van der Waals surface area contributed by atoms with Crippen molar-refractivity contribution < 1.29 is 22.7 Å². The molecular formula is C18H18F3N3O2. The van der Waals surface area contributed by atoms with Crippen molar-refractivity contribution in [2.45, 2.75) is 19.6 Å². The van der Waals surface area contributed by atoms with Crippen molar-refractivity contribution in [2.75, 3.05) is 7.05 Å². The molecule has 0 fully saturated rings. The van der Waals surface area contributed by atoms with Crippen molar-refractivity contribution in [3.8, 4) is 5.75 Å². The Balaban J connectivity index is 2.46. The van der Waals surface area contributed by atoms with Crippen LogP contribution >= 0.6 is 0 Å². The minimum absolute atomic E-state index is 0.000234. The number of carbonyl (C=O) groups is 1. The Hall–Kier alpha value is -3.03. The first-order valence-electron chi connectivity index (χ1n) is 7.64. The molecule has 0 bridgehead atoms. The minimum Gasteiger partial charge on any atom is -0.435 e. The normalized spacial score (nSPS) is 12.8. The first-order chi connectivity index (χ1) is 12.3. The van der Waals surface area contributed by atoms with Gasteiger partial charge in [-0.3, -0.25) is 9.69 Å². The maximum Gasteiger partial charge on any atom is 0.387 e. The lowest BCUT2D eigenvalue weighted by atomic mass is 9.97. The van der Waals surface area contributed by atoms with Crippen molar-refractivity contribution in [3.05, 3.63) is 65.0 Å². The standard InChI is InChI=1S/C18H18F3N3O2/c1-11-9-13(5-8-15(11)19)16(23-18(22)24(2)10-25)12-3-6-14(7-4-12)26-17(20)21/h3-10,16-17H,1-2H3,(H2,22,23). The van der Waals surface area contributed by atoms with Gasteiger partial charge in [-0.25, -0.2) is 9.38 Å². The van der Waals surface area contributed by atoms with Gasteiger partial charge in [-0.05, 0) is 41.8 Å². The molecule has 0 aliphatic heterocycles. The summed E-state index contributed by atoms with van der Waals surface area (Å²) in [6.07, 6.45) is 0.505. The average molecular weight is 365 g/mol. The largest absolute Gasteiger partial charge is 0.435 e. The molecule has 2 aromatic rings. The molecule has 2 N–H and O–H groups in total. The number of benzene rings is 2. The molecule has 1 unspecified atom stereocenters. The smallest absolute Gasteiger partial charge is 0.387 e. The van der Waals surface area contributed by atoms with E-state index in [1.807, 2.05) is 0 Å². The Labute approximate surface area is 148 Å². The van der Waals surface area contributed by atoms with Crippen LogP contribution in [0.3, 0.4) is 0 Å². The second-order valence-corrected chi connectivity index (χ2v) is 5.56. The number of carbonyl (C=O) groups excluding carboxylic acids is 1. The fourth-order valence-corrected chi connectivity index (χ4v) is 2.29. The number of nitrogens with zero attached hydrogens (tertiary/aromatic N) is 2. The summed E-state index contributed by atoms with van der Waals surface area (Å²) in [4.78, 5) is 16.3. The van der Waals surface area contributed by atoms with E-state index >= 15 is 0 Å². The molecule has 0 saturated heterocycles. The molecule has 0 heterocycles. The summed E-state index contributed by atoms with van der Waals surface area (Å²) in [6, 6.07) is 9.67. The Morgan fingerprint density at radius 2 is 1.81 bits per heavy atom. The molecule has 5 nitrogen and oxygen atoms in total. The molecule has 0 spiro atoms. The van der Waals surface area contributed by atoms with Gasteiger partial charge in [-0.1, -0.05) is 24.3 Å². The Bertz CT molecular complexity index is 795. The van der Waals surface area contributed by atoms with Gasteiger partial charge in [0.1, 0.15) is 17.6 Å². The Morgan fingerprint density at radius 3 is 2.35 bits per heavy atom. The summed E-state index contributed by atoms with van der Waals surface area (Å²) in [6.45, 7) is -1.31. The predicted molar refractivity (Wildman–Crippen MR) is 91.5 cm³/mol. The number of nitrogens with two attached hydrogens (primary N) is 1. The molecular weight excluding hydrogens is 347 g/mol. The van der Waals surface area contributed by atoms with E-state index in [0.29, 0.717) is 23.1 Å². The van der Waals surface area contributed by atoms with Crippen LogP contribution in [0.2, 0.25) is 0 Å². The van der Waals surface area contributed by atoms with Gasteiger partial charge < -0.3 is 10.5 Å². The van der Waals surface area contributed by atoms with Gasteiger partial charge in [0, 0.05) is 7.05 Å². The molecule has 2 rings (SSSR count). The first kappa shape index (κ1) is 19.3. The molecule has 1 amide bonds. The Morgan fingerprint density at radius 1 is 1.19 bits per heavy atom. The number of rotatable bonds is 6. The van der Waals surface area contributed by atoms with Crippen LogP contribution < -0.4 is 10.5 Å². The van der Waals surface area contributed by atoms with Crippen LogP contribution in [0, 0.1) is 12.7 Å². The fourth-order valence-electron chi connectivity index (χ4n) is 2.29. The van der Waals surface area contributed by atoms with Gasteiger partial charge >= 0.3 is 6.61 Å². The van der Waals surface area contributed by atoms with Gasteiger partial charge in [-0.2, -0.15) is 8.78 Å². The lowest BCUT2D eigenvalue weighted by Crippen LogP contribution is -2.33. The number of ether oxygens (including phenoxy) is 1. The maximum absolute atomic E-state index is 13.6. The van der Waals surface area contributed by atoms with Crippen LogP contribution in [0.4, 0.5) is 13.2 Å². The second-order valence-electron chi connectivity index (χ2n) is 5.56. The summed E-state index contributed by atoms with van der Waals surface area (Å²) in [7, 11) is 1.44. The van der Waals surface area contributed by atoms with Crippen molar-refractivity contribution in [1.82, 2.24) is 4.90 Å². The molecule has 26 heavy (non-hydrogen) atoms. The number of aliphatic imine (C=N–C) groups is 1. The highest BCUT2D eigenvalue weighted by Crippen LogP contribution is 2.29. The molecule has 0 radical (unpaired) electrons. The molecule has 0 aliphatic carbocycles. The molecule has 8 heteroatoms. The molecule has 0 aromatic heterocycles. The second kappa shape index (κ2) is 8.37. The van der Waals surface area contributed by atoms with E-state index in [4.69, 9.17) is 5.73 Å². The third-order valence-corrected chi connectivity index (χ3v) is 3.70. The first-order valence-corrected chi connectivity index (χ1v) is 7.64. The maximum atomic E-state index is 13.6. The summed E-state index contributed by atoms with van der Waals surface area (Å²) < 4.78 is 42.5. The zero-order valence-electron chi connectivity index (χ0n) is 14.2. The minimum atomic E-state index is -2.92. The van der Waals surface area contributed by atoms with Gasteiger partial charge in [0.05, 0.1) is 0 Å². The van der Waals surface area contributed by atoms with E-state index in [0.717, 1.165) is 4.90 Å². The summed E-state index contributed by atoms with van der Waals surface area (Å²) in [5, 5.41) is 0. The molecule has 1 atom stereocenters. The molecule has 2 aromatic carbocycles. The lowest BCUT2D eigenvalue weighted by molar-refractivity contribution is -0.114. The fraction of sp³-hybridized carbons (Fsp3) is 0.222. The topological polar surface area (TPSA) is 67.9 Å². The van der Waals surface area contributed by atoms with Crippen LogP contribution in [-0.2, 0) is 4.79 Å². The van der Waals surface area contributed by atoms with Crippen molar-refractivity contribution in [2.24, 2.45) is 10.7 Å². The van der Waals surface area contributed by atoms with E-state index in [9.17, 15) is 18.0 Å². The highest BCUT2D eigenvalue weighted by Gasteiger charge is 2.17. The van der Waals surface area contributed by atoms with Crippen LogP contribution in [0.15, 0.2) is 47.5 Å². The van der Waals surface area contributed by atoms with Gasteiger partial charge in [0.2, 0.25) is 6.41 Å². The van der Waals surface area contributed by atoms with E-state index in [1.165, 1.54) is 25.2 Å². The quantitative estimate of drug-likeness (QED) is 0.486. The zero-order valence-corrected chi connectivity index (χ0v) is 14.2. The molecule has 138 valence electrons. The number of alkyl halides is 2. The number of aryl methyl sites for hydroxylation is 1. The number of hydrogen-bond acceptors (Lipinski definition) is 3. The van der Waals surface area contributed by atoms with Crippen LogP contribution in [0.1, 0.15) is 22.7 Å². The van der Waals surface area contributed by atoms with Crippen molar-refractivity contribution >= 4 is 12.4 Å². The lowest BCUT2D eigenvalue weighted by Gasteiger charge is -2.18. The van der Waals surface area contributed by atoms with Crippen LogP contribution in [-0.4, -0.2) is 30.9 Å². The number of guanidine groups is 1. The van der Waals surface area contributed by atoms with Crippen molar-refractivity contribution in [3.63, 3.8) is 0 Å². The number of amides is 1.